The van der Waals surface area contributed by atoms with Crippen molar-refractivity contribution < 1.29 is 47.6 Å². The van der Waals surface area contributed by atoms with E-state index in [1.807, 2.05) is 35.1 Å². The van der Waals surface area contributed by atoms with Crippen LogP contribution in [0.25, 0.3) is 0 Å². The van der Waals surface area contributed by atoms with E-state index >= 15 is 0 Å². The van der Waals surface area contributed by atoms with Crippen LogP contribution >= 0.6 is 0 Å². The summed E-state index contributed by atoms with van der Waals surface area (Å²) >= 11 is 0. The zero-order valence-corrected chi connectivity index (χ0v) is 21.4. The Hall–Kier alpha value is 0.864. The van der Waals surface area contributed by atoms with Gasteiger partial charge in [-0.15, -0.1) is 0 Å². The molecule has 2 saturated carbocycles. The number of hydroxylamine groups is 6. The Bertz CT molecular complexity index is 173. The number of hydrogen-bond acceptors (Lipinski definition) is 6. The standard InChI is InChI=1S/C4H11NO.2C4H8.C3H9NO.C2H7NO.2CH4.CH3.Y/c1-4-6-5(2)3;2*1-2-4-3-1;1-4(2)5-3;1-3(2)4;;;;/h4H2,1-3H3;2*1-4H2;1-3H3;4H,1-2H3;2*1H4;1H3;/q;;;;;;;-1;. The summed E-state index contributed by atoms with van der Waals surface area (Å²) in [6.45, 7) is 2.72. The van der Waals surface area contributed by atoms with Gasteiger partial charge in [0.15, 0.2) is 0 Å². The van der Waals surface area contributed by atoms with Gasteiger partial charge in [-0.3, -0.25) is 4.84 Å². The van der Waals surface area contributed by atoms with E-state index in [4.69, 9.17) is 10.0 Å². The van der Waals surface area contributed by atoms with E-state index in [1.54, 1.807) is 31.3 Å². The van der Waals surface area contributed by atoms with E-state index in [2.05, 4.69) is 4.84 Å². The van der Waals surface area contributed by atoms with Crippen molar-refractivity contribution in [1.82, 2.24) is 15.2 Å². The maximum atomic E-state index is 7.89. The molecule has 0 bridgehead atoms. The van der Waals surface area contributed by atoms with E-state index in [1.165, 1.54) is 51.4 Å². The first-order valence-corrected chi connectivity index (χ1v) is 8.65. The van der Waals surface area contributed by atoms with Crippen molar-refractivity contribution in [3.8, 4) is 0 Å². The molecule has 2 aliphatic carbocycles. The first kappa shape index (κ1) is 46.2. The Morgan fingerprint density at radius 2 is 0.889 bits per heavy atom. The molecule has 6 nitrogen and oxygen atoms in total. The predicted molar refractivity (Wildman–Crippen MR) is 118 cm³/mol. The van der Waals surface area contributed by atoms with E-state index < -0.39 is 0 Å². The van der Waals surface area contributed by atoms with Crippen molar-refractivity contribution in [1.29, 1.82) is 0 Å². The van der Waals surface area contributed by atoms with Crippen LogP contribution in [-0.4, -0.2) is 76.4 Å². The molecular weight excluding hydrogens is 419 g/mol. The van der Waals surface area contributed by atoms with Crippen LogP contribution in [0.5, 0.6) is 0 Å². The molecule has 2 aliphatic rings. The van der Waals surface area contributed by atoms with Gasteiger partial charge >= 0.3 is 0 Å². The zero-order chi connectivity index (χ0) is 18.5. The Morgan fingerprint density at radius 1 is 0.704 bits per heavy atom. The minimum Gasteiger partial charge on any atom is -0.358 e. The van der Waals surface area contributed by atoms with Crippen molar-refractivity contribution in [3.05, 3.63) is 7.43 Å². The van der Waals surface area contributed by atoms with Gasteiger partial charge in [-0.25, -0.2) is 0 Å². The maximum absolute atomic E-state index is 7.89. The van der Waals surface area contributed by atoms with Crippen LogP contribution in [0.2, 0.25) is 0 Å². The second kappa shape index (κ2) is 41.3. The van der Waals surface area contributed by atoms with Crippen LogP contribution < -0.4 is 0 Å². The zero-order valence-electron chi connectivity index (χ0n) is 18.5. The van der Waals surface area contributed by atoms with Crippen molar-refractivity contribution in [2.75, 3.05) is 56.0 Å². The third-order valence-corrected chi connectivity index (χ3v) is 2.75. The molecule has 0 aromatic rings. The summed E-state index contributed by atoms with van der Waals surface area (Å²) in [6, 6.07) is 0. The summed E-state index contributed by atoms with van der Waals surface area (Å²) < 4.78 is 0. The molecule has 0 spiro atoms. The molecule has 0 heterocycles. The van der Waals surface area contributed by atoms with E-state index in [-0.39, 0.29) is 55.0 Å². The minimum atomic E-state index is 0. The topological polar surface area (TPSA) is 48.4 Å². The van der Waals surface area contributed by atoms with Crippen LogP contribution in [0.15, 0.2) is 0 Å². The van der Waals surface area contributed by atoms with Gasteiger partial charge in [-0.2, -0.15) is 15.2 Å². The van der Waals surface area contributed by atoms with Crippen molar-refractivity contribution in [2.45, 2.75) is 73.1 Å². The Labute approximate surface area is 198 Å². The fraction of sp³-hybridized carbons (Fsp3) is 0.950. The van der Waals surface area contributed by atoms with Crippen LogP contribution in [0.3, 0.4) is 0 Å². The first-order chi connectivity index (χ1) is 10.8. The van der Waals surface area contributed by atoms with E-state index in [9.17, 15) is 0 Å². The summed E-state index contributed by atoms with van der Waals surface area (Å²) in [7, 11) is 12.1. The van der Waals surface area contributed by atoms with E-state index in [0.717, 1.165) is 11.7 Å². The molecule has 0 aromatic carbocycles. The molecule has 0 unspecified atom stereocenters. The molecule has 0 amide bonds. The van der Waals surface area contributed by atoms with Crippen LogP contribution in [0, 0.1) is 7.43 Å². The average molecular weight is 474 g/mol. The summed E-state index contributed by atoms with van der Waals surface area (Å²) in [5.74, 6) is 0. The second-order valence-corrected chi connectivity index (χ2v) is 5.90. The molecular formula is C20H54N3O3Y-. The van der Waals surface area contributed by atoms with Crippen molar-refractivity contribution in [3.63, 3.8) is 0 Å². The third kappa shape index (κ3) is 86.4. The van der Waals surface area contributed by atoms with Gasteiger partial charge < -0.3 is 17.5 Å². The number of rotatable bonds is 3. The van der Waals surface area contributed by atoms with Crippen molar-refractivity contribution >= 4 is 0 Å². The smallest absolute Gasteiger partial charge is 0.0656 e. The van der Waals surface area contributed by atoms with Crippen LogP contribution in [-0.2, 0) is 42.4 Å². The molecule has 1 N–H and O–H groups in total. The quantitative estimate of drug-likeness (QED) is 0.438. The normalized spacial score (nSPS) is 12.4. The van der Waals surface area contributed by atoms with E-state index in [0.29, 0.717) is 0 Å². The Morgan fingerprint density at radius 3 is 0.889 bits per heavy atom. The summed E-state index contributed by atoms with van der Waals surface area (Å²) in [4.78, 5) is 9.46. The van der Waals surface area contributed by atoms with Gasteiger partial charge in [0.25, 0.3) is 0 Å². The SMILES string of the molecule is C.C.C1CCC1.C1CCC1.CCON(C)C.CN(C)O.CON(C)C.[CH3-].[Y]. The molecule has 2 rings (SSSR count). The van der Waals surface area contributed by atoms with Gasteiger partial charge in [0, 0.05) is 75.0 Å². The van der Waals surface area contributed by atoms with Crippen LogP contribution in [0.4, 0.5) is 0 Å². The first-order valence-electron chi connectivity index (χ1n) is 8.65. The van der Waals surface area contributed by atoms with Gasteiger partial charge in [-0.1, -0.05) is 66.2 Å². The molecule has 0 atom stereocenters. The summed E-state index contributed by atoms with van der Waals surface area (Å²) in [6.07, 6.45) is 12.0. The fourth-order valence-electron chi connectivity index (χ4n) is 0.758. The Balaban J connectivity index is -0.0000000359. The molecule has 7 heteroatoms. The van der Waals surface area contributed by atoms with Gasteiger partial charge in [0.05, 0.1) is 13.7 Å². The van der Waals surface area contributed by atoms with Crippen molar-refractivity contribution in [2.24, 2.45) is 0 Å². The average Bonchev–Trinajstić information content (AvgIpc) is 2.23. The second-order valence-electron chi connectivity index (χ2n) is 5.90. The predicted octanol–water partition coefficient (Wildman–Crippen LogP) is 5.39. The van der Waals surface area contributed by atoms with Crippen LogP contribution in [0.1, 0.15) is 73.1 Å². The van der Waals surface area contributed by atoms with Gasteiger partial charge in [-0.05, 0) is 6.92 Å². The number of nitrogens with zero attached hydrogens (tertiary/aromatic N) is 3. The number of hydrogen-bond donors (Lipinski definition) is 1. The molecule has 1 radical (unpaired) electrons. The monoisotopic (exact) mass is 473 g/mol. The summed E-state index contributed by atoms with van der Waals surface area (Å²) in [5, 5.41) is 12.2. The largest absolute Gasteiger partial charge is 0.358 e. The molecule has 0 saturated heterocycles. The van der Waals surface area contributed by atoms with Gasteiger partial charge in [0.2, 0.25) is 0 Å². The molecule has 27 heavy (non-hydrogen) atoms. The maximum Gasteiger partial charge on any atom is 0.0656 e. The molecule has 2 fully saturated rings. The molecule has 0 aromatic heterocycles. The molecule has 171 valence electrons. The fourth-order valence-corrected chi connectivity index (χ4v) is 0.758. The third-order valence-electron chi connectivity index (χ3n) is 2.75. The molecule has 0 aliphatic heterocycles. The van der Waals surface area contributed by atoms with Gasteiger partial charge in [0.1, 0.15) is 0 Å². The Kier molecular flexibility index (Phi) is 70.6. The summed E-state index contributed by atoms with van der Waals surface area (Å²) in [5.41, 5.74) is 0. The minimum absolute atomic E-state index is 0.